The van der Waals surface area contributed by atoms with Crippen LogP contribution in [0.2, 0.25) is 0 Å². The lowest BCUT2D eigenvalue weighted by atomic mass is 10.0. The van der Waals surface area contributed by atoms with E-state index in [1.54, 1.807) is 24.3 Å². The number of hydrogen-bond acceptors (Lipinski definition) is 5. The number of nitrogens with one attached hydrogen (secondary N) is 1. The molecule has 1 heterocycles. The van der Waals surface area contributed by atoms with E-state index in [1.807, 2.05) is 60.7 Å². The third-order valence-electron chi connectivity index (χ3n) is 5.67. The fraction of sp³-hybridized carbons (Fsp3) is 0.148. The summed E-state index contributed by atoms with van der Waals surface area (Å²) in [7, 11) is 0. The van der Waals surface area contributed by atoms with Crippen LogP contribution in [-0.2, 0) is 9.59 Å². The number of amides is 2. The van der Waals surface area contributed by atoms with E-state index in [4.69, 9.17) is 5.26 Å². The molecule has 0 spiro atoms. The van der Waals surface area contributed by atoms with Gasteiger partial charge < -0.3 is 10.2 Å². The number of carbonyl (C=O) groups is 2. The molecular formula is C27H24N4O2. The van der Waals surface area contributed by atoms with E-state index in [0.29, 0.717) is 22.4 Å². The van der Waals surface area contributed by atoms with E-state index < -0.39 is 11.8 Å². The van der Waals surface area contributed by atoms with Crippen LogP contribution in [0.4, 0.5) is 17.1 Å². The molecule has 2 amide bonds. The fourth-order valence-corrected chi connectivity index (χ4v) is 3.93. The van der Waals surface area contributed by atoms with Gasteiger partial charge in [0.1, 0.15) is 5.70 Å². The molecule has 0 aromatic heterocycles. The Morgan fingerprint density at radius 1 is 0.848 bits per heavy atom. The second kappa shape index (κ2) is 9.41. The number of nitrogens with zero attached hydrogens (tertiary/aromatic N) is 3. The normalized spacial score (nSPS) is 13.3. The highest BCUT2D eigenvalue weighted by Gasteiger charge is 2.40. The van der Waals surface area contributed by atoms with E-state index in [-0.39, 0.29) is 5.70 Å². The van der Waals surface area contributed by atoms with Crippen molar-refractivity contribution in [2.24, 2.45) is 0 Å². The maximum atomic E-state index is 13.4. The highest BCUT2D eigenvalue weighted by Crippen LogP contribution is 2.34. The summed E-state index contributed by atoms with van der Waals surface area (Å²) in [6.07, 6.45) is 0. The lowest BCUT2D eigenvalue weighted by Crippen LogP contribution is -2.32. The zero-order valence-electron chi connectivity index (χ0n) is 18.6. The Morgan fingerprint density at radius 3 is 2.06 bits per heavy atom. The summed E-state index contributed by atoms with van der Waals surface area (Å²) < 4.78 is 0. The maximum Gasteiger partial charge on any atom is 0.282 e. The molecule has 0 saturated carbocycles. The van der Waals surface area contributed by atoms with E-state index in [9.17, 15) is 9.59 Å². The molecule has 0 bridgehead atoms. The molecule has 1 aliphatic rings. The van der Waals surface area contributed by atoms with Crippen molar-refractivity contribution in [1.29, 1.82) is 5.26 Å². The average molecular weight is 437 g/mol. The Balaban J connectivity index is 1.72. The molecule has 3 aromatic carbocycles. The monoisotopic (exact) mass is 436 g/mol. The van der Waals surface area contributed by atoms with Crippen molar-refractivity contribution in [2.75, 3.05) is 28.2 Å². The largest absolute Gasteiger partial charge is 0.372 e. The Kier molecular flexibility index (Phi) is 6.23. The quantitative estimate of drug-likeness (QED) is 0.539. The minimum Gasteiger partial charge on any atom is -0.372 e. The van der Waals surface area contributed by atoms with Gasteiger partial charge in [0.2, 0.25) is 0 Å². The topological polar surface area (TPSA) is 76.4 Å². The van der Waals surface area contributed by atoms with Gasteiger partial charge in [-0.2, -0.15) is 5.26 Å². The molecular weight excluding hydrogens is 412 g/mol. The van der Waals surface area contributed by atoms with Crippen molar-refractivity contribution >= 4 is 34.4 Å². The standard InChI is InChI=1S/C27H24N4O2/c1-3-30(4-2)22-16-12-21(13-17-22)29-25-24(20-8-6-5-7-9-20)26(32)31(27(25)33)23-14-10-19(18-28)11-15-23/h5-17,29H,3-4H2,1-2H3. The number of anilines is 3. The predicted octanol–water partition coefficient (Wildman–Crippen LogP) is 4.80. The Hall–Kier alpha value is -4.37. The van der Waals surface area contributed by atoms with Gasteiger partial charge in [0.05, 0.1) is 22.9 Å². The van der Waals surface area contributed by atoms with Crippen molar-refractivity contribution in [1.82, 2.24) is 0 Å². The first kappa shape index (κ1) is 21.8. The van der Waals surface area contributed by atoms with Crippen molar-refractivity contribution < 1.29 is 9.59 Å². The van der Waals surface area contributed by atoms with E-state index >= 15 is 0 Å². The van der Waals surface area contributed by atoms with Gasteiger partial charge in [-0.15, -0.1) is 0 Å². The van der Waals surface area contributed by atoms with Gasteiger partial charge in [0.25, 0.3) is 11.8 Å². The molecule has 0 atom stereocenters. The minimum atomic E-state index is -0.434. The summed E-state index contributed by atoms with van der Waals surface area (Å²) in [5.74, 6) is -0.838. The van der Waals surface area contributed by atoms with Crippen LogP contribution in [0.25, 0.3) is 5.57 Å². The average Bonchev–Trinajstić information content (AvgIpc) is 3.10. The van der Waals surface area contributed by atoms with Gasteiger partial charge in [0, 0.05) is 24.5 Å². The Bertz CT molecular complexity index is 1240. The van der Waals surface area contributed by atoms with Gasteiger partial charge >= 0.3 is 0 Å². The molecule has 0 aliphatic carbocycles. The highest BCUT2D eigenvalue weighted by molar-refractivity contribution is 6.46. The first-order valence-electron chi connectivity index (χ1n) is 10.9. The molecule has 164 valence electrons. The van der Waals surface area contributed by atoms with E-state index in [2.05, 4.69) is 24.1 Å². The summed E-state index contributed by atoms with van der Waals surface area (Å²) in [6, 6.07) is 25.4. The van der Waals surface area contributed by atoms with Gasteiger partial charge in [-0.3, -0.25) is 9.59 Å². The summed E-state index contributed by atoms with van der Waals surface area (Å²) in [5, 5.41) is 12.3. The predicted molar refractivity (Wildman–Crippen MR) is 131 cm³/mol. The van der Waals surface area contributed by atoms with Crippen molar-refractivity contribution in [2.45, 2.75) is 13.8 Å². The summed E-state index contributed by atoms with van der Waals surface area (Å²) >= 11 is 0. The Morgan fingerprint density at radius 2 is 1.48 bits per heavy atom. The van der Waals surface area contributed by atoms with Gasteiger partial charge in [-0.25, -0.2) is 4.90 Å². The zero-order valence-corrected chi connectivity index (χ0v) is 18.6. The molecule has 0 unspecified atom stereocenters. The zero-order chi connectivity index (χ0) is 23.4. The van der Waals surface area contributed by atoms with Crippen molar-refractivity contribution in [3.63, 3.8) is 0 Å². The fourth-order valence-electron chi connectivity index (χ4n) is 3.93. The third kappa shape index (κ3) is 4.21. The number of benzene rings is 3. The molecule has 1 aliphatic heterocycles. The molecule has 0 fully saturated rings. The number of carbonyl (C=O) groups excluding carboxylic acids is 2. The smallest absolute Gasteiger partial charge is 0.282 e. The maximum absolute atomic E-state index is 13.4. The van der Waals surface area contributed by atoms with Crippen molar-refractivity contribution in [3.8, 4) is 6.07 Å². The van der Waals surface area contributed by atoms with Crippen molar-refractivity contribution in [3.05, 3.63) is 95.7 Å². The van der Waals surface area contributed by atoms with Crippen LogP contribution in [0.15, 0.2) is 84.6 Å². The lowest BCUT2D eigenvalue weighted by molar-refractivity contribution is -0.120. The molecule has 3 aromatic rings. The molecule has 33 heavy (non-hydrogen) atoms. The second-order valence-electron chi connectivity index (χ2n) is 7.56. The van der Waals surface area contributed by atoms with Crippen LogP contribution < -0.4 is 15.1 Å². The van der Waals surface area contributed by atoms with Gasteiger partial charge in [-0.05, 0) is 67.9 Å². The van der Waals surface area contributed by atoms with E-state index in [0.717, 1.165) is 29.4 Å². The third-order valence-corrected chi connectivity index (χ3v) is 5.67. The summed E-state index contributed by atoms with van der Waals surface area (Å²) in [4.78, 5) is 30.2. The SMILES string of the molecule is CCN(CC)c1ccc(NC2=C(c3ccccc3)C(=O)N(c3ccc(C#N)cc3)C2=O)cc1. The first-order chi connectivity index (χ1) is 16.1. The summed E-state index contributed by atoms with van der Waals surface area (Å²) in [5.41, 5.74) is 3.90. The number of hydrogen-bond donors (Lipinski definition) is 1. The van der Waals surface area contributed by atoms with Crippen LogP contribution in [-0.4, -0.2) is 24.9 Å². The first-order valence-corrected chi connectivity index (χ1v) is 10.9. The van der Waals surface area contributed by atoms with Gasteiger partial charge in [0.15, 0.2) is 0 Å². The van der Waals surface area contributed by atoms with E-state index in [1.165, 1.54) is 0 Å². The summed E-state index contributed by atoms with van der Waals surface area (Å²) in [6.45, 7) is 6.01. The van der Waals surface area contributed by atoms with Crippen LogP contribution in [0, 0.1) is 11.3 Å². The van der Waals surface area contributed by atoms with Crippen LogP contribution >= 0.6 is 0 Å². The minimum absolute atomic E-state index is 0.228. The molecule has 0 saturated heterocycles. The lowest BCUT2D eigenvalue weighted by Gasteiger charge is -2.21. The van der Waals surface area contributed by atoms with Gasteiger partial charge in [-0.1, -0.05) is 30.3 Å². The highest BCUT2D eigenvalue weighted by atomic mass is 16.2. The molecule has 4 rings (SSSR count). The number of imide groups is 1. The molecule has 0 radical (unpaired) electrons. The molecule has 6 heteroatoms. The number of rotatable bonds is 7. The van der Waals surface area contributed by atoms with Crippen LogP contribution in [0.3, 0.4) is 0 Å². The number of nitriles is 1. The van der Waals surface area contributed by atoms with Crippen LogP contribution in [0.5, 0.6) is 0 Å². The Labute approximate surface area is 193 Å². The van der Waals surface area contributed by atoms with Crippen LogP contribution in [0.1, 0.15) is 25.0 Å². The second-order valence-corrected chi connectivity index (χ2v) is 7.56. The molecule has 6 nitrogen and oxygen atoms in total. The molecule has 1 N–H and O–H groups in total.